The summed E-state index contributed by atoms with van der Waals surface area (Å²) in [5.74, 6) is 1.30. The summed E-state index contributed by atoms with van der Waals surface area (Å²) in [6, 6.07) is 7.64. The van der Waals surface area contributed by atoms with E-state index in [-0.39, 0.29) is 0 Å². The van der Waals surface area contributed by atoms with Crippen molar-refractivity contribution < 1.29 is 4.74 Å². The van der Waals surface area contributed by atoms with E-state index >= 15 is 0 Å². The molecule has 90 valence electrons. The molecule has 0 radical (unpaired) electrons. The molecule has 4 nitrogen and oxygen atoms in total. The van der Waals surface area contributed by atoms with Crippen molar-refractivity contribution in [2.75, 3.05) is 5.73 Å². The number of aromatic nitrogens is 2. The molecule has 0 unspecified atom stereocenters. The highest BCUT2D eigenvalue weighted by Crippen LogP contribution is 2.33. The lowest BCUT2D eigenvalue weighted by Crippen LogP contribution is -1.97. The minimum atomic E-state index is 0.578. The lowest BCUT2D eigenvalue weighted by Gasteiger charge is -2.08. The number of anilines is 1. The van der Waals surface area contributed by atoms with E-state index in [9.17, 15) is 0 Å². The Bertz CT molecular complexity index is 537. The zero-order chi connectivity index (χ0) is 12.4. The van der Waals surface area contributed by atoms with Crippen LogP contribution >= 0.6 is 15.9 Å². The van der Waals surface area contributed by atoms with Crippen LogP contribution in [0.4, 0.5) is 5.69 Å². The van der Waals surface area contributed by atoms with E-state index in [0.717, 1.165) is 22.3 Å². The van der Waals surface area contributed by atoms with Gasteiger partial charge in [0.1, 0.15) is 11.4 Å². The van der Waals surface area contributed by atoms with E-state index in [2.05, 4.69) is 21.0 Å². The normalized spacial score (nSPS) is 10.5. The maximum atomic E-state index is 5.99. The summed E-state index contributed by atoms with van der Waals surface area (Å²) in [7, 11) is 1.82. The van der Waals surface area contributed by atoms with Gasteiger partial charge in [-0.1, -0.05) is 19.1 Å². The molecule has 0 fully saturated rings. The number of hydrogen-bond acceptors (Lipinski definition) is 3. The van der Waals surface area contributed by atoms with Gasteiger partial charge in [-0.15, -0.1) is 0 Å². The molecule has 0 aliphatic rings. The van der Waals surface area contributed by atoms with Gasteiger partial charge in [0.25, 0.3) is 0 Å². The fourth-order valence-corrected chi connectivity index (χ4v) is 1.96. The third-order valence-corrected chi connectivity index (χ3v) is 3.14. The maximum Gasteiger partial charge on any atom is 0.241 e. The highest BCUT2D eigenvalue weighted by atomic mass is 79.9. The largest absolute Gasteiger partial charge is 0.436 e. The third-order valence-electron chi connectivity index (χ3n) is 2.48. The summed E-state index contributed by atoms with van der Waals surface area (Å²) >= 11 is 3.43. The van der Waals surface area contributed by atoms with Crippen molar-refractivity contribution in [3.05, 3.63) is 34.4 Å². The average molecular weight is 296 g/mol. The fourth-order valence-electron chi connectivity index (χ4n) is 1.59. The average Bonchev–Trinajstić information content (AvgIpc) is 2.59. The smallest absolute Gasteiger partial charge is 0.241 e. The molecule has 2 aromatic rings. The fraction of sp³-hybridized carbons (Fsp3) is 0.250. The number of nitrogens with two attached hydrogens (primary N) is 1. The van der Waals surface area contributed by atoms with Crippen molar-refractivity contribution >= 4 is 21.6 Å². The molecule has 0 amide bonds. The van der Waals surface area contributed by atoms with E-state index in [1.165, 1.54) is 0 Å². The second-order valence-corrected chi connectivity index (χ2v) is 4.53. The Morgan fingerprint density at radius 1 is 1.41 bits per heavy atom. The highest BCUT2D eigenvalue weighted by Gasteiger charge is 2.14. The molecule has 1 heterocycles. The first-order valence-electron chi connectivity index (χ1n) is 5.37. The topological polar surface area (TPSA) is 53.1 Å². The van der Waals surface area contributed by atoms with Crippen LogP contribution in [0.25, 0.3) is 0 Å². The lowest BCUT2D eigenvalue weighted by atomic mass is 10.3. The first-order chi connectivity index (χ1) is 8.13. The second-order valence-electron chi connectivity index (χ2n) is 3.68. The summed E-state index contributed by atoms with van der Waals surface area (Å²) in [6.45, 7) is 2.01. The van der Waals surface area contributed by atoms with Gasteiger partial charge in [0.2, 0.25) is 5.88 Å². The van der Waals surface area contributed by atoms with Gasteiger partial charge >= 0.3 is 0 Å². The van der Waals surface area contributed by atoms with Crippen LogP contribution in [-0.2, 0) is 13.5 Å². The third kappa shape index (κ3) is 2.29. The van der Waals surface area contributed by atoms with Gasteiger partial charge in [0, 0.05) is 7.05 Å². The Balaban J connectivity index is 2.37. The van der Waals surface area contributed by atoms with Crippen molar-refractivity contribution in [3.8, 4) is 11.6 Å². The van der Waals surface area contributed by atoms with Crippen molar-refractivity contribution in [1.82, 2.24) is 9.78 Å². The molecule has 0 saturated heterocycles. The Hall–Kier alpha value is -1.49. The Kier molecular flexibility index (Phi) is 3.38. The first-order valence-corrected chi connectivity index (χ1v) is 6.16. The van der Waals surface area contributed by atoms with Gasteiger partial charge in [0.05, 0.1) is 10.2 Å². The van der Waals surface area contributed by atoms with Crippen LogP contribution in [0, 0.1) is 0 Å². The molecule has 5 heteroatoms. The SMILES string of the molecule is CCc1nn(C)c(Oc2ccccc2Br)c1N. The van der Waals surface area contributed by atoms with Gasteiger partial charge in [-0.05, 0) is 34.5 Å². The van der Waals surface area contributed by atoms with Crippen LogP contribution in [-0.4, -0.2) is 9.78 Å². The number of nitrogen functional groups attached to an aromatic ring is 1. The molecule has 0 aliphatic heterocycles. The zero-order valence-corrected chi connectivity index (χ0v) is 11.4. The molecule has 0 atom stereocenters. The molecule has 2 N–H and O–H groups in total. The summed E-state index contributed by atoms with van der Waals surface area (Å²) in [5, 5.41) is 4.31. The van der Waals surface area contributed by atoms with Gasteiger partial charge in [-0.3, -0.25) is 0 Å². The number of halogens is 1. The van der Waals surface area contributed by atoms with Crippen LogP contribution in [0.15, 0.2) is 28.7 Å². The van der Waals surface area contributed by atoms with Gasteiger partial charge in [-0.25, -0.2) is 4.68 Å². The van der Waals surface area contributed by atoms with E-state index in [1.54, 1.807) is 4.68 Å². The Labute approximate surface area is 109 Å². The maximum absolute atomic E-state index is 5.99. The lowest BCUT2D eigenvalue weighted by molar-refractivity contribution is 0.430. The molecule has 0 spiro atoms. The molecule has 1 aromatic carbocycles. The molecule has 1 aromatic heterocycles. The summed E-state index contributed by atoms with van der Waals surface area (Å²) in [6.07, 6.45) is 0.791. The first kappa shape index (κ1) is 12.0. The number of para-hydroxylation sites is 1. The molecular formula is C12H14BrN3O. The molecule has 17 heavy (non-hydrogen) atoms. The molecule has 0 saturated carbocycles. The van der Waals surface area contributed by atoms with Gasteiger partial charge in [-0.2, -0.15) is 5.10 Å². The predicted octanol–water partition coefficient (Wildman–Crippen LogP) is 3.12. The number of ether oxygens (including phenoxy) is 1. The Morgan fingerprint density at radius 2 is 2.12 bits per heavy atom. The summed E-state index contributed by atoms with van der Waals surface area (Å²) in [5.41, 5.74) is 7.45. The number of hydrogen-bond donors (Lipinski definition) is 1. The van der Waals surface area contributed by atoms with E-state index < -0.39 is 0 Å². The summed E-state index contributed by atoms with van der Waals surface area (Å²) < 4.78 is 8.33. The van der Waals surface area contributed by atoms with Gasteiger partial charge < -0.3 is 10.5 Å². The molecular weight excluding hydrogens is 282 g/mol. The number of rotatable bonds is 3. The van der Waals surface area contributed by atoms with Crippen LogP contribution in [0.1, 0.15) is 12.6 Å². The highest BCUT2D eigenvalue weighted by molar-refractivity contribution is 9.10. The minimum absolute atomic E-state index is 0.578. The van der Waals surface area contributed by atoms with Gasteiger partial charge in [0.15, 0.2) is 0 Å². The van der Waals surface area contributed by atoms with Crippen LogP contribution in [0.5, 0.6) is 11.6 Å². The predicted molar refractivity (Wildman–Crippen MR) is 71.2 cm³/mol. The molecule has 2 rings (SSSR count). The standard InChI is InChI=1S/C12H14BrN3O/c1-3-9-11(14)12(16(2)15-9)17-10-7-5-4-6-8(10)13/h4-7H,3,14H2,1-2H3. The number of nitrogens with zero attached hydrogens (tertiary/aromatic N) is 2. The van der Waals surface area contributed by atoms with Crippen LogP contribution in [0.3, 0.4) is 0 Å². The number of benzene rings is 1. The molecule has 0 bridgehead atoms. The monoisotopic (exact) mass is 295 g/mol. The van der Waals surface area contributed by atoms with Crippen LogP contribution < -0.4 is 10.5 Å². The van der Waals surface area contributed by atoms with Crippen molar-refractivity contribution in [2.24, 2.45) is 7.05 Å². The zero-order valence-electron chi connectivity index (χ0n) is 9.77. The van der Waals surface area contributed by atoms with Crippen molar-refractivity contribution in [1.29, 1.82) is 0 Å². The van der Waals surface area contributed by atoms with E-state index in [4.69, 9.17) is 10.5 Å². The van der Waals surface area contributed by atoms with Crippen molar-refractivity contribution in [3.63, 3.8) is 0 Å². The second kappa shape index (κ2) is 4.79. The minimum Gasteiger partial charge on any atom is -0.436 e. The van der Waals surface area contributed by atoms with Crippen LogP contribution in [0.2, 0.25) is 0 Å². The quantitative estimate of drug-likeness (QED) is 0.946. The van der Waals surface area contributed by atoms with E-state index in [1.807, 2.05) is 38.2 Å². The van der Waals surface area contributed by atoms with E-state index in [0.29, 0.717) is 11.6 Å². The molecule has 0 aliphatic carbocycles. The number of aryl methyl sites for hydroxylation is 2. The Morgan fingerprint density at radius 3 is 2.71 bits per heavy atom. The summed E-state index contributed by atoms with van der Waals surface area (Å²) in [4.78, 5) is 0. The van der Waals surface area contributed by atoms with Crippen molar-refractivity contribution in [2.45, 2.75) is 13.3 Å².